The Morgan fingerprint density at radius 1 is 1.29 bits per heavy atom. The van der Waals surface area contributed by atoms with Crippen molar-refractivity contribution in [2.24, 2.45) is 0 Å². The monoisotopic (exact) mass is 461 g/mol. The van der Waals surface area contributed by atoms with Gasteiger partial charge in [-0.2, -0.15) is 0 Å². The van der Waals surface area contributed by atoms with E-state index in [1.807, 2.05) is 25.1 Å². The minimum absolute atomic E-state index is 0.0313. The summed E-state index contributed by atoms with van der Waals surface area (Å²) >= 11 is 1.32. The number of sulfonamides is 1. The largest absolute Gasteiger partial charge is 0.494 e. The van der Waals surface area contributed by atoms with E-state index in [9.17, 15) is 13.2 Å². The first-order valence-electron chi connectivity index (χ1n) is 10.0. The molecule has 10 heteroatoms. The topological polar surface area (TPSA) is 107 Å². The average molecular weight is 462 g/mol. The Morgan fingerprint density at radius 2 is 2.16 bits per heavy atom. The lowest BCUT2D eigenvalue weighted by molar-refractivity contribution is 0.102. The van der Waals surface area contributed by atoms with Gasteiger partial charge in [0.05, 0.1) is 27.8 Å². The zero-order valence-electron chi connectivity index (χ0n) is 17.0. The Balaban J connectivity index is 1.47. The first kappa shape index (κ1) is 21.7. The summed E-state index contributed by atoms with van der Waals surface area (Å²) in [4.78, 5) is 17.1. The highest BCUT2D eigenvalue weighted by Crippen LogP contribution is 2.29. The van der Waals surface area contributed by atoms with Crippen LogP contribution in [0.1, 0.15) is 30.1 Å². The van der Waals surface area contributed by atoms with E-state index in [4.69, 9.17) is 9.47 Å². The molecule has 0 saturated carbocycles. The maximum Gasteiger partial charge on any atom is 0.257 e. The molecule has 1 aromatic heterocycles. The molecule has 2 aromatic carbocycles. The summed E-state index contributed by atoms with van der Waals surface area (Å²) in [5.41, 5.74) is 0.979. The summed E-state index contributed by atoms with van der Waals surface area (Å²) < 4.78 is 39.6. The van der Waals surface area contributed by atoms with E-state index in [0.29, 0.717) is 18.3 Å². The molecule has 3 aromatic rings. The molecule has 2 N–H and O–H groups in total. The second-order valence-electron chi connectivity index (χ2n) is 7.05. The van der Waals surface area contributed by atoms with Gasteiger partial charge in [-0.15, -0.1) is 0 Å². The van der Waals surface area contributed by atoms with E-state index < -0.39 is 15.9 Å². The third kappa shape index (κ3) is 5.21. The summed E-state index contributed by atoms with van der Waals surface area (Å²) in [6, 6.07) is 11.5. The molecule has 164 valence electrons. The molecule has 2 heterocycles. The first-order valence-corrected chi connectivity index (χ1v) is 12.3. The maximum absolute atomic E-state index is 12.7. The Labute approximate surface area is 184 Å². The van der Waals surface area contributed by atoms with Gasteiger partial charge in [-0.25, -0.2) is 18.1 Å². The van der Waals surface area contributed by atoms with E-state index >= 15 is 0 Å². The smallest absolute Gasteiger partial charge is 0.257 e. The van der Waals surface area contributed by atoms with Gasteiger partial charge in [0.2, 0.25) is 10.0 Å². The van der Waals surface area contributed by atoms with Crippen molar-refractivity contribution in [3.05, 3.63) is 48.0 Å². The summed E-state index contributed by atoms with van der Waals surface area (Å²) in [6.07, 6.45) is 1.66. The molecule has 1 fully saturated rings. The summed E-state index contributed by atoms with van der Waals surface area (Å²) in [6.45, 7) is 3.35. The van der Waals surface area contributed by atoms with Crippen LogP contribution < -0.4 is 14.8 Å². The van der Waals surface area contributed by atoms with E-state index in [2.05, 4.69) is 15.0 Å². The van der Waals surface area contributed by atoms with Crippen LogP contribution in [0, 0.1) is 0 Å². The van der Waals surface area contributed by atoms with Crippen LogP contribution in [0.2, 0.25) is 0 Å². The Bertz CT molecular complexity index is 1190. The van der Waals surface area contributed by atoms with Crippen molar-refractivity contribution in [1.29, 1.82) is 0 Å². The van der Waals surface area contributed by atoms with Crippen molar-refractivity contribution in [3.8, 4) is 5.75 Å². The van der Waals surface area contributed by atoms with Gasteiger partial charge in [0.1, 0.15) is 5.75 Å². The number of rotatable bonds is 8. The third-order valence-corrected chi connectivity index (χ3v) is 7.18. The van der Waals surface area contributed by atoms with E-state index in [-0.39, 0.29) is 23.1 Å². The summed E-state index contributed by atoms with van der Waals surface area (Å²) in [7, 11) is -3.74. The molecule has 0 radical (unpaired) electrons. The van der Waals surface area contributed by atoms with Crippen molar-refractivity contribution < 1.29 is 22.7 Å². The highest BCUT2D eigenvalue weighted by atomic mass is 32.2. The fourth-order valence-electron chi connectivity index (χ4n) is 3.28. The number of benzene rings is 2. The highest BCUT2D eigenvalue weighted by Gasteiger charge is 2.21. The van der Waals surface area contributed by atoms with Crippen LogP contribution >= 0.6 is 11.3 Å². The van der Waals surface area contributed by atoms with Crippen molar-refractivity contribution in [3.63, 3.8) is 0 Å². The lowest BCUT2D eigenvalue weighted by Gasteiger charge is -2.12. The normalized spacial score (nSPS) is 16.5. The molecule has 0 unspecified atom stereocenters. The molecule has 0 spiro atoms. The van der Waals surface area contributed by atoms with Crippen LogP contribution in [0.3, 0.4) is 0 Å². The molecule has 1 aliphatic rings. The standard InChI is InChI=1S/C21H23N3O5S2/c1-2-28-15-8-9-18-19(12-15)30-21(23-18)24-20(25)14-5-3-7-17(11-14)31(26,27)22-13-16-6-4-10-29-16/h3,5,7-9,11-12,16,22H,2,4,6,10,13H2,1H3,(H,23,24,25)/t16-/m1/s1. The second kappa shape index (κ2) is 9.31. The SMILES string of the molecule is CCOc1ccc2nc(NC(=O)c3cccc(S(=O)(=O)NC[C@H]4CCCO4)c3)sc2c1. The molecule has 1 saturated heterocycles. The highest BCUT2D eigenvalue weighted by molar-refractivity contribution is 7.89. The number of nitrogens with zero attached hydrogens (tertiary/aromatic N) is 1. The number of hydrogen-bond donors (Lipinski definition) is 2. The van der Waals surface area contributed by atoms with Gasteiger partial charge in [-0.1, -0.05) is 17.4 Å². The molecule has 1 amide bonds. The fourth-order valence-corrected chi connectivity index (χ4v) is 5.28. The number of anilines is 1. The van der Waals surface area contributed by atoms with Gasteiger partial charge in [-0.05, 0) is 56.2 Å². The zero-order chi connectivity index (χ0) is 21.8. The Hall–Kier alpha value is -2.53. The van der Waals surface area contributed by atoms with Gasteiger partial charge in [-0.3, -0.25) is 10.1 Å². The van der Waals surface area contributed by atoms with E-state index in [1.54, 1.807) is 12.1 Å². The van der Waals surface area contributed by atoms with Crippen molar-refractivity contribution in [2.45, 2.75) is 30.8 Å². The Kier molecular flexibility index (Phi) is 6.51. The maximum atomic E-state index is 12.7. The number of amides is 1. The average Bonchev–Trinajstić information content (AvgIpc) is 3.42. The van der Waals surface area contributed by atoms with Gasteiger partial charge < -0.3 is 9.47 Å². The third-order valence-electron chi connectivity index (χ3n) is 4.82. The summed E-state index contributed by atoms with van der Waals surface area (Å²) in [5.74, 6) is 0.310. The molecular weight excluding hydrogens is 438 g/mol. The molecular formula is C21H23N3O5S2. The van der Waals surface area contributed by atoms with Crippen molar-refractivity contribution in [1.82, 2.24) is 9.71 Å². The van der Waals surface area contributed by atoms with Gasteiger partial charge in [0.15, 0.2) is 5.13 Å². The minimum Gasteiger partial charge on any atom is -0.494 e. The van der Waals surface area contributed by atoms with Crippen LogP contribution in [0.15, 0.2) is 47.4 Å². The first-order chi connectivity index (χ1) is 14.9. The number of thiazole rings is 1. The molecule has 31 heavy (non-hydrogen) atoms. The number of hydrogen-bond acceptors (Lipinski definition) is 7. The van der Waals surface area contributed by atoms with Crippen molar-refractivity contribution in [2.75, 3.05) is 25.1 Å². The van der Waals surface area contributed by atoms with Gasteiger partial charge in [0.25, 0.3) is 5.91 Å². The predicted molar refractivity (Wildman–Crippen MR) is 119 cm³/mol. The number of carbonyl (C=O) groups excluding carboxylic acids is 1. The number of nitrogens with one attached hydrogen (secondary N) is 2. The molecule has 4 rings (SSSR count). The van der Waals surface area contributed by atoms with Crippen LogP contribution in [0.5, 0.6) is 5.75 Å². The molecule has 1 atom stereocenters. The predicted octanol–water partition coefficient (Wildman–Crippen LogP) is 3.40. The molecule has 0 aliphatic carbocycles. The lowest BCUT2D eigenvalue weighted by atomic mass is 10.2. The van der Waals surface area contributed by atoms with Crippen LogP contribution in [0.25, 0.3) is 10.2 Å². The van der Waals surface area contributed by atoms with Crippen LogP contribution in [0.4, 0.5) is 5.13 Å². The molecule has 8 nitrogen and oxygen atoms in total. The number of aromatic nitrogens is 1. The molecule has 1 aliphatic heterocycles. The minimum atomic E-state index is -3.74. The number of carbonyl (C=O) groups is 1. The molecule has 0 bridgehead atoms. The Morgan fingerprint density at radius 3 is 2.94 bits per heavy atom. The van der Waals surface area contributed by atoms with E-state index in [0.717, 1.165) is 28.8 Å². The lowest BCUT2D eigenvalue weighted by Crippen LogP contribution is -2.32. The summed E-state index contributed by atoms with van der Waals surface area (Å²) in [5, 5.41) is 3.18. The quantitative estimate of drug-likeness (QED) is 0.532. The van der Waals surface area contributed by atoms with Crippen LogP contribution in [-0.2, 0) is 14.8 Å². The van der Waals surface area contributed by atoms with Crippen molar-refractivity contribution >= 4 is 42.6 Å². The number of fused-ring (bicyclic) bond motifs is 1. The fraction of sp³-hybridized carbons (Fsp3) is 0.333. The zero-order valence-corrected chi connectivity index (χ0v) is 18.6. The second-order valence-corrected chi connectivity index (χ2v) is 9.85. The van der Waals surface area contributed by atoms with Crippen LogP contribution in [-0.4, -0.2) is 45.2 Å². The number of ether oxygens (including phenoxy) is 2. The van der Waals surface area contributed by atoms with Gasteiger partial charge in [0, 0.05) is 18.7 Å². The van der Waals surface area contributed by atoms with Gasteiger partial charge >= 0.3 is 0 Å². The van der Waals surface area contributed by atoms with E-state index in [1.165, 1.54) is 23.5 Å².